The largest absolute Gasteiger partial charge is 0.477 e. The van der Waals surface area contributed by atoms with E-state index >= 15 is 0 Å². The third-order valence-corrected chi connectivity index (χ3v) is 6.66. The van der Waals surface area contributed by atoms with Crippen molar-refractivity contribution in [3.63, 3.8) is 0 Å². The lowest BCUT2D eigenvalue weighted by molar-refractivity contribution is 0.0692. The van der Waals surface area contributed by atoms with Gasteiger partial charge in [0.15, 0.2) is 9.84 Å². The number of aryl methyl sites for hydroxylation is 1. The molecule has 5 N–H and O–H groups in total. The van der Waals surface area contributed by atoms with E-state index in [1.807, 2.05) is 13.0 Å². The highest BCUT2D eigenvalue weighted by atomic mass is 32.2. The Labute approximate surface area is 207 Å². The number of aromatic nitrogens is 2. The van der Waals surface area contributed by atoms with Crippen LogP contribution < -0.4 is 11.1 Å². The standard InChI is InChI=1S/C25H27FN4O5S/c1-14(29-25-28-12-17(35-25)5-4-10-27)18-6-3-7-19-21(23(24(31)32)30-22(18)19)15-8-9-16(20(26)11-15)13-36(2,33)34/h3,6-9,11-12,14,30H,4-5,10,13,27H2,1-2H3,(H,28,29)(H,31,32). The Morgan fingerprint density at radius 2 is 2.08 bits per heavy atom. The second-order valence-corrected chi connectivity index (χ2v) is 10.9. The zero-order chi connectivity index (χ0) is 26.0. The van der Waals surface area contributed by atoms with Crippen LogP contribution in [0.25, 0.3) is 22.0 Å². The molecule has 4 aromatic rings. The fourth-order valence-corrected chi connectivity index (χ4v) is 4.99. The maximum Gasteiger partial charge on any atom is 0.352 e. The molecule has 0 bridgehead atoms. The van der Waals surface area contributed by atoms with Crippen LogP contribution >= 0.6 is 0 Å². The molecule has 0 fully saturated rings. The van der Waals surface area contributed by atoms with Crippen molar-refractivity contribution in [2.45, 2.75) is 31.6 Å². The van der Waals surface area contributed by atoms with Crippen molar-refractivity contribution in [2.75, 3.05) is 18.1 Å². The molecule has 0 amide bonds. The second-order valence-electron chi connectivity index (χ2n) is 8.72. The van der Waals surface area contributed by atoms with E-state index in [0.717, 1.165) is 18.2 Å². The van der Waals surface area contributed by atoms with Crippen molar-refractivity contribution >= 4 is 32.7 Å². The maximum absolute atomic E-state index is 14.8. The first-order valence-corrected chi connectivity index (χ1v) is 13.4. The number of aromatic carboxylic acids is 1. The molecule has 36 heavy (non-hydrogen) atoms. The molecular formula is C25H27FN4O5S. The average Bonchev–Trinajstić information content (AvgIpc) is 3.42. The Morgan fingerprint density at radius 1 is 1.31 bits per heavy atom. The van der Waals surface area contributed by atoms with Gasteiger partial charge in [0.1, 0.15) is 17.3 Å². The van der Waals surface area contributed by atoms with Gasteiger partial charge in [-0.25, -0.2) is 22.6 Å². The van der Waals surface area contributed by atoms with Gasteiger partial charge >= 0.3 is 5.97 Å². The van der Waals surface area contributed by atoms with Crippen LogP contribution in [-0.4, -0.2) is 42.3 Å². The molecular weight excluding hydrogens is 487 g/mol. The zero-order valence-electron chi connectivity index (χ0n) is 19.8. The summed E-state index contributed by atoms with van der Waals surface area (Å²) in [6, 6.07) is 9.48. The predicted octanol–water partition coefficient (Wildman–Crippen LogP) is 4.27. The highest BCUT2D eigenvalue weighted by molar-refractivity contribution is 7.89. The van der Waals surface area contributed by atoms with Crippen LogP contribution in [-0.2, 0) is 22.0 Å². The average molecular weight is 515 g/mol. The Kier molecular flexibility index (Phi) is 7.14. The Hall–Kier alpha value is -3.70. The van der Waals surface area contributed by atoms with Gasteiger partial charge in [-0.1, -0.05) is 30.3 Å². The minimum atomic E-state index is -3.43. The van der Waals surface area contributed by atoms with Crippen LogP contribution in [0.5, 0.6) is 0 Å². The van der Waals surface area contributed by atoms with Crippen LogP contribution in [0.3, 0.4) is 0 Å². The van der Waals surface area contributed by atoms with Gasteiger partial charge < -0.3 is 25.6 Å². The fraction of sp³-hybridized carbons (Fsp3) is 0.280. The highest BCUT2D eigenvalue weighted by Crippen LogP contribution is 2.37. The molecule has 0 aliphatic heterocycles. The number of hydrogen-bond acceptors (Lipinski definition) is 7. The molecule has 1 unspecified atom stereocenters. The molecule has 0 spiro atoms. The van der Waals surface area contributed by atoms with Crippen LogP contribution in [0.2, 0.25) is 0 Å². The van der Waals surface area contributed by atoms with Crippen molar-refractivity contribution in [2.24, 2.45) is 5.73 Å². The molecule has 0 saturated carbocycles. The molecule has 1 atom stereocenters. The van der Waals surface area contributed by atoms with Gasteiger partial charge in [0.05, 0.1) is 23.5 Å². The minimum absolute atomic E-state index is 0.0215. The monoisotopic (exact) mass is 514 g/mol. The van der Waals surface area contributed by atoms with Gasteiger partial charge in [-0.3, -0.25) is 0 Å². The maximum atomic E-state index is 14.8. The van der Waals surface area contributed by atoms with Gasteiger partial charge in [-0.15, -0.1) is 0 Å². The number of nitrogens with zero attached hydrogens (tertiary/aromatic N) is 1. The number of H-pyrrole nitrogens is 1. The second kappa shape index (κ2) is 10.1. The van der Waals surface area contributed by atoms with E-state index in [2.05, 4.69) is 15.3 Å². The molecule has 2 heterocycles. The summed E-state index contributed by atoms with van der Waals surface area (Å²) in [5, 5.41) is 13.7. The Morgan fingerprint density at radius 3 is 2.75 bits per heavy atom. The van der Waals surface area contributed by atoms with E-state index in [1.165, 1.54) is 18.2 Å². The Bertz CT molecular complexity index is 1530. The van der Waals surface area contributed by atoms with Gasteiger partial charge in [0.2, 0.25) is 0 Å². The van der Waals surface area contributed by atoms with Crippen molar-refractivity contribution < 1.29 is 27.1 Å². The Balaban J connectivity index is 1.73. The summed E-state index contributed by atoms with van der Waals surface area (Å²) in [4.78, 5) is 19.3. The normalized spacial score (nSPS) is 12.7. The van der Waals surface area contributed by atoms with E-state index in [-0.39, 0.29) is 17.3 Å². The molecule has 0 aliphatic carbocycles. The summed E-state index contributed by atoms with van der Waals surface area (Å²) in [5.74, 6) is -1.65. The summed E-state index contributed by atoms with van der Waals surface area (Å²) >= 11 is 0. The number of para-hydroxylation sites is 1. The number of oxazole rings is 1. The molecule has 0 aliphatic rings. The third kappa shape index (κ3) is 5.42. The number of anilines is 1. The molecule has 4 rings (SSSR count). The van der Waals surface area contributed by atoms with Crippen LogP contribution in [0.15, 0.2) is 47.0 Å². The smallest absolute Gasteiger partial charge is 0.352 e. The lowest BCUT2D eigenvalue weighted by atomic mass is 9.98. The molecule has 0 radical (unpaired) electrons. The number of rotatable bonds is 10. The summed E-state index contributed by atoms with van der Waals surface area (Å²) in [5.41, 5.74) is 7.44. The summed E-state index contributed by atoms with van der Waals surface area (Å²) in [6.45, 7) is 2.44. The third-order valence-electron chi connectivity index (χ3n) is 5.83. The SMILES string of the molecule is CC(Nc1ncc(CCCN)o1)c1cccc2c(-c3ccc(CS(C)(=O)=O)c(F)c3)c(C(=O)O)[nH]c12. The molecule has 2 aromatic carbocycles. The number of sulfone groups is 1. The topological polar surface area (TPSA) is 151 Å². The fourth-order valence-electron chi connectivity index (χ4n) is 4.19. The molecule has 11 heteroatoms. The van der Waals surface area contributed by atoms with Gasteiger partial charge in [-0.2, -0.15) is 0 Å². The molecule has 0 saturated heterocycles. The zero-order valence-corrected chi connectivity index (χ0v) is 20.7. The number of carboxylic acid groups (broad SMARTS) is 1. The van der Waals surface area contributed by atoms with E-state index < -0.39 is 27.4 Å². The lowest BCUT2D eigenvalue weighted by Gasteiger charge is -2.14. The summed E-state index contributed by atoms with van der Waals surface area (Å²) in [6.07, 6.45) is 4.13. The number of benzene rings is 2. The van der Waals surface area contributed by atoms with E-state index in [4.69, 9.17) is 10.2 Å². The van der Waals surface area contributed by atoms with E-state index in [9.17, 15) is 22.7 Å². The van der Waals surface area contributed by atoms with Gasteiger partial charge in [0.25, 0.3) is 6.01 Å². The van der Waals surface area contributed by atoms with Crippen molar-refractivity contribution in [1.82, 2.24) is 9.97 Å². The first-order chi connectivity index (χ1) is 17.1. The first-order valence-electron chi connectivity index (χ1n) is 11.3. The van der Waals surface area contributed by atoms with E-state index in [0.29, 0.717) is 46.8 Å². The van der Waals surface area contributed by atoms with E-state index in [1.54, 1.807) is 18.3 Å². The molecule has 9 nitrogen and oxygen atoms in total. The number of fused-ring (bicyclic) bond motifs is 1. The summed E-state index contributed by atoms with van der Waals surface area (Å²) in [7, 11) is -3.43. The minimum Gasteiger partial charge on any atom is -0.477 e. The lowest BCUT2D eigenvalue weighted by Crippen LogP contribution is -2.07. The first kappa shape index (κ1) is 25.4. The number of carboxylic acids is 1. The van der Waals surface area contributed by atoms with Gasteiger partial charge in [0, 0.05) is 29.2 Å². The van der Waals surface area contributed by atoms with Gasteiger partial charge in [-0.05, 0) is 37.1 Å². The van der Waals surface area contributed by atoms with Crippen molar-refractivity contribution in [3.8, 4) is 11.1 Å². The van der Waals surface area contributed by atoms with Crippen LogP contribution in [0.1, 0.15) is 46.8 Å². The van der Waals surface area contributed by atoms with Crippen molar-refractivity contribution in [1.29, 1.82) is 0 Å². The number of nitrogens with two attached hydrogens (primary N) is 1. The predicted molar refractivity (Wildman–Crippen MR) is 135 cm³/mol. The number of nitrogens with one attached hydrogen (secondary N) is 2. The molecule has 190 valence electrons. The van der Waals surface area contributed by atoms with Crippen LogP contribution in [0.4, 0.5) is 10.4 Å². The van der Waals surface area contributed by atoms with Crippen molar-refractivity contribution in [3.05, 3.63) is 71.0 Å². The number of carbonyl (C=O) groups is 1. The summed E-state index contributed by atoms with van der Waals surface area (Å²) < 4.78 is 43.7. The highest BCUT2D eigenvalue weighted by Gasteiger charge is 2.23. The molecule has 2 aromatic heterocycles. The van der Waals surface area contributed by atoms with Crippen LogP contribution in [0, 0.1) is 5.82 Å². The number of aromatic amines is 1. The number of halogens is 1. The quantitative estimate of drug-likeness (QED) is 0.245. The number of hydrogen-bond donors (Lipinski definition) is 4.